The SMILES string of the molecule is CC(CN=C(N)Nc1cccc(Oc2ccccc2)c1)N1CCOCC1.I. The molecule has 0 bridgehead atoms. The van der Waals surface area contributed by atoms with E-state index in [4.69, 9.17) is 15.2 Å². The Morgan fingerprint density at radius 3 is 2.59 bits per heavy atom. The summed E-state index contributed by atoms with van der Waals surface area (Å²) < 4.78 is 11.2. The molecule has 0 spiro atoms. The van der Waals surface area contributed by atoms with Gasteiger partial charge in [-0.25, -0.2) is 0 Å². The van der Waals surface area contributed by atoms with Gasteiger partial charge in [0.25, 0.3) is 0 Å². The Morgan fingerprint density at radius 2 is 1.85 bits per heavy atom. The Hall–Kier alpha value is -1.84. The van der Waals surface area contributed by atoms with E-state index < -0.39 is 0 Å². The minimum atomic E-state index is 0. The maximum atomic E-state index is 6.04. The number of hydrogen-bond donors (Lipinski definition) is 2. The third-order valence-corrected chi connectivity index (χ3v) is 4.28. The van der Waals surface area contributed by atoms with Crippen LogP contribution in [0.3, 0.4) is 0 Å². The molecule has 1 heterocycles. The van der Waals surface area contributed by atoms with Crippen LogP contribution in [-0.2, 0) is 4.74 Å². The summed E-state index contributed by atoms with van der Waals surface area (Å²) >= 11 is 0. The molecular weight excluding hydrogens is 455 g/mol. The smallest absolute Gasteiger partial charge is 0.193 e. The van der Waals surface area contributed by atoms with Crippen LogP contribution in [0, 0.1) is 0 Å². The molecule has 0 amide bonds. The topological polar surface area (TPSA) is 72.1 Å². The summed E-state index contributed by atoms with van der Waals surface area (Å²) in [6.45, 7) is 6.28. The number of nitrogens with zero attached hydrogens (tertiary/aromatic N) is 2. The number of hydrogen-bond acceptors (Lipinski definition) is 4. The molecule has 7 heteroatoms. The van der Waals surface area contributed by atoms with Gasteiger partial charge >= 0.3 is 0 Å². The van der Waals surface area contributed by atoms with Gasteiger partial charge in [0.05, 0.1) is 19.8 Å². The lowest BCUT2D eigenvalue weighted by Gasteiger charge is -2.31. The summed E-state index contributed by atoms with van der Waals surface area (Å²) in [5.74, 6) is 1.95. The fraction of sp³-hybridized carbons (Fsp3) is 0.350. The van der Waals surface area contributed by atoms with Crippen molar-refractivity contribution in [3.05, 3.63) is 54.6 Å². The molecule has 1 aliphatic rings. The standard InChI is InChI=1S/C20H26N4O2.HI/c1-16(24-10-12-25-13-11-24)15-22-20(21)23-17-6-5-9-19(14-17)26-18-7-3-2-4-8-18;/h2-9,14,16H,10-13,15H2,1H3,(H3,21,22,23);1H. The van der Waals surface area contributed by atoms with Gasteiger partial charge in [-0.15, -0.1) is 24.0 Å². The van der Waals surface area contributed by atoms with Gasteiger partial charge in [-0.1, -0.05) is 24.3 Å². The second-order valence-electron chi connectivity index (χ2n) is 6.29. The summed E-state index contributed by atoms with van der Waals surface area (Å²) in [4.78, 5) is 6.84. The van der Waals surface area contributed by atoms with Gasteiger partial charge in [0.1, 0.15) is 11.5 Å². The van der Waals surface area contributed by atoms with Crippen LogP contribution >= 0.6 is 24.0 Å². The second kappa shape index (κ2) is 11.1. The first kappa shape index (κ1) is 21.5. The summed E-state index contributed by atoms with van der Waals surface area (Å²) in [7, 11) is 0. The van der Waals surface area contributed by atoms with Gasteiger partial charge in [0.15, 0.2) is 5.96 Å². The number of halogens is 1. The number of para-hydroxylation sites is 1. The molecule has 1 unspecified atom stereocenters. The van der Waals surface area contributed by atoms with Gasteiger partial charge in [-0.05, 0) is 31.2 Å². The number of anilines is 1. The Kier molecular flexibility index (Phi) is 8.83. The molecule has 2 aromatic rings. The molecule has 1 fully saturated rings. The van der Waals surface area contributed by atoms with Gasteiger partial charge in [-0.3, -0.25) is 9.89 Å². The molecule has 6 nitrogen and oxygen atoms in total. The van der Waals surface area contributed by atoms with Crippen LogP contribution in [0.25, 0.3) is 0 Å². The number of morpholine rings is 1. The molecule has 2 aromatic carbocycles. The summed E-state index contributed by atoms with van der Waals surface area (Å²) in [5, 5.41) is 3.13. The van der Waals surface area contributed by atoms with Crippen LogP contribution in [0.1, 0.15) is 6.92 Å². The lowest BCUT2D eigenvalue weighted by Crippen LogP contribution is -2.43. The van der Waals surface area contributed by atoms with Gasteiger partial charge in [0.2, 0.25) is 0 Å². The van der Waals surface area contributed by atoms with Crippen LogP contribution in [0.2, 0.25) is 0 Å². The van der Waals surface area contributed by atoms with E-state index in [1.54, 1.807) is 0 Å². The van der Waals surface area contributed by atoms with Crippen molar-refractivity contribution >= 4 is 35.6 Å². The third kappa shape index (κ3) is 7.00. The van der Waals surface area contributed by atoms with Crippen molar-refractivity contribution in [1.29, 1.82) is 0 Å². The predicted molar refractivity (Wildman–Crippen MR) is 120 cm³/mol. The van der Waals surface area contributed by atoms with E-state index in [1.165, 1.54) is 0 Å². The Bertz CT molecular complexity index is 721. The van der Waals surface area contributed by atoms with E-state index in [0.29, 0.717) is 18.5 Å². The van der Waals surface area contributed by atoms with Crippen LogP contribution in [0.5, 0.6) is 11.5 Å². The molecular formula is C20H27IN4O2. The first-order valence-electron chi connectivity index (χ1n) is 8.92. The molecule has 1 saturated heterocycles. The fourth-order valence-corrected chi connectivity index (χ4v) is 2.81. The van der Waals surface area contributed by atoms with Crippen LogP contribution in [0.15, 0.2) is 59.6 Å². The van der Waals surface area contributed by atoms with Gasteiger partial charge < -0.3 is 20.5 Å². The van der Waals surface area contributed by atoms with Crippen LogP contribution < -0.4 is 15.8 Å². The zero-order valence-corrected chi connectivity index (χ0v) is 17.8. The predicted octanol–water partition coefficient (Wildman–Crippen LogP) is 3.54. The minimum Gasteiger partial charge on any atom is -0.457 e. The normalized spacial score (nSPS) is 16.3. The number of rotatable bonds is 6. The minimum absolute atomic E-state index is 0. The highest BCUT2D eigenvalue weighted by atomic mass is 127. The summed E-state index contributed by atoms with van der Waals surface area (Å²) in [6, 6.07) is 17.7. The maximum Gasteiger partial charge on any atom is 0.193 e. The lowest BCUT2D eigenvalue weighted by molar-refractivity contribution is 0.0221. The number of benzene rings is 2. The number of guanidine groups is 1. The number of ether oxygens (including phenoxy) is 2. The van der Waals surface area contributed by atoms with Crippen LogP contribution in [-0.4, -0.2) is 49.7 Å². The Balaban J connectivity index is 0.00000261. The van der Waals surface area contributed by atoms with E-state index in [0.717, 1.165) is 43.5 Å². The van der Waals surface area contributed by atoms with E-state index in [-0.39, 0.29) is 24.0 Å². The zero-order valence-electron chi connectivity index (χ0n) is 15.5. The van der Waals surface area contributed by atoms with Crippen molar-refractivity contribution < 1.29 is 9.47 Å². The number of nitrogens with two attached hydrogens (primary N) is 1. The number of aliphatic imine (C=N–C) groups is 1. The quantitative estimate of drug-likeness (QED) is 0.375. The molecule has 0 aromatic heterocycles. The summed E-state index contributed by atoms with van der Waals surface area (Å²) in [5.41, 5.74) is 6.89. The highest BCUT2D eigenvalue weighted by Crippen LogP contribution is 2.23. The monoisotopic (exact) mass is 482 g/mol. The lowest BCUT2D eigenvalue weighted by atomic mass is 10.2. The summed E-state index contributed by atoms with van der Waals surface area (Å²) in [6.07, 6.45) is 0. The zero-order chi connectivity index (χ0) is 18.2. The molecule has 0 saturated carbocycles. The highest BCUT2D eigenvalue weighted by Gasteiger charge is 2.16. The van der Waals surface area contributed by atoms with Crippen molar-refractivity contribution in [2.24, 2.45) is 10.7 Å². The highest BCUT2D eigenvalue weighted by molar-refractivity contribution is 14.0. The fourth-order valence-electron chi connectivity index (χ4n) is 2.81. The molecule has 27 heavy (non-hydrogen) atoms. The van der Waals surface area contributed by atoms with E-state index >= 15 is 0 Å². The van der Waals surface area contributed by atoms with Crippen LogP contribution in [0.4, 0.5) is 5.69 Å². The van der Waals surface area contributed by atoms with Gasteiger partial charge in [-0.2, -0.15) is 0 Å². The van der Waals surface area contributed by atoms with Crippen molar-refractivity contribution in [2.75, 3.05) is 38.2 Å². The third-order valence-electron chi connectivity index (χ3n) is 4.28. The average Bonchev–Trinajstić information content (AvgIpc) is 2.68. The first-order valence-corrected chi connectivity index (χ1v) is 8.92. The molecule has 1 atom stereocenters. The molecule has 3 rings (SSSR count). The van der Waals surface area contributed by atoms with Crippen molar-refractivity contribution in [3.8, 4) is 11.5 Å². The molecule has 146 valence electrons. The maximum absolute atomic E-state index is 6.04. The number of nitrogens with one attached hydrogen (secondary N) is 1. The average molecular weight is 482 g/mol. The van der Waals surface area contributed by atoms with Crippen molar-refractivity contribution in [2.45, 2.75) is 13.0 Å². The van der Waals surface area contributed by atoms with Crippen molar-refractivity contribution in [3.63, 3.8) is 0 Å². The molecule has 1 aliphatic heterocycles. The molecule has 3 N–H and O–H groups in total. The van der Waals surface area contributed by atoms with Crippen molar-refractivity contribution in [1.82, 2.24) is 4.90 Å². The Morgan fingerprint density at radius 1 is 1.15 bits per heavy atom. The molecule has 0 aliphatic carbocycles. The van der Waals surface area contributed by atoms with E-state index in [9.17, 15) is 0 Å². The molecule has 0 radical (unpaired) electrons. The first-order chi connectivity index (χ1) is 12.7. The second-order valence-corrected chi connectivity index (χ2v) is 6.29. The van der Waals surface area contributed by atoms with Gasteiger partial charge in [0, 0.05) is 30.9 Å². The van der Waals surface area contributed by atoms with E-state index in [1.807, 2.05) is 54.6 Å². The van der Waals surface area contributed by atoms with E-state index in [2.05, 4.69) is 22.1 Å². The largest absolute Gasteiger partial charge is 0.457 e. The Labute approximate surface area is 177 Å².